The van der Waals surface area contributed by atoms with Gasteiger partial charge in [0, 0.05) is 14.9 Å². The molecule has 2 saturated heterocycles. The third kappa shape index (κ3) is 4.64. The van der Waals surface area contributed by atoms with E-state index in [9.17, 15) is 14.4 Å². The molecule has 1 aromatic heterocycles. The van der Waals surface area contributed by atoms with Crippen LogP contribution in [-0.4, -0.2) is 38.1 Å². The third-order valence-electron chi connectivity index (χ3n) is 8.70. The fourth-order valence-corrected chi connectivity index (χ4v) is 8.25. The van der Waals surface area contributed by atoms with Crippen LogP contribution in [0.3, 0.4) is 0 Å². The van der Waals surface area contributed by atoms with Crippen molar-refractivity contribution in [1.82, 2.24) is 0 Å². The second-order valence-electron chi connectivity index (χ2n) is 12.0. The molecule has 42 heavy (non-hydrogen) atoms. The fraction of sp³-hybridized carbons (Fsp3) is 0.406. The van der Waals surface area contributed by atoms with Gasteiger partial charge in [-0.2, -0.15) is 0 Å². The van der Waals surface area contributed by atoms with Crippen LogP contribution >= 0.6 is 27.3 Å². The minimum absolute atomic E-state index is 0.0918. The van der Waals surface area contributed by atoms with Gasteiger partial charge in [-0.15, -0.1) is 11.3 Å². The third-order valence-corrected chi connectivity index (χ3v) is 10.4. The number of carbonyl (C=O) groups is 3. The molecule has 0 unspecified atom stereocenters. The predicted octanol–water partition coefficient (Wildman–Crippen LogP) is 6.51. The molecule has 2 aromatic carbocycles. The lowest BCUT2D eigenvalue weighted by molar-refractivity contribution is -0.126. The maximum atomic E-state index is 14.4. The number of para-hydroxylation sites is 1. The van der Waals surface area contributed by atoms with E-state index in [-0.39, 0.29) is 5.41 Å². The standard InChI is InChI=1S/C32H33BrN2O6S/c1-32(2,3)17-11-13-20-23(15-17)42-30(24(20)31(38)40-5)34-28(36)25-26(21-16-18(33)12-14-22(21)39-4)35(41-27(25)29(34)37)19-9-7-6-8-10-19/h6-10,12,14,16-17,25-27H,11,13,15H2,1-5H3/t17-,25-,26+,27+/m0/s1. The molecule has 2 amide bonds. The Morgan fingerprint density at radius 1 is 1.07 bits per heavy atom. The Morgan fingerprint density at radius 3 is 2.48 bits per heavy atom. The number of methoxy groups -OCH3 is 2. The first-order valence-electron chi connectivity index (χ1n) is 14.0. The number of benzene rings is 2. The van der Waals surface area contributed by atoms with Crippen molar-refractivity contribution in [1.29, 1.82) is 0 Å². The highest BCUT2D eigenvalue weighted by atomic mass is 79.9. The molecule has 0 saturated carbocycles. The number of carbonyl (C=O) groups excluding carboxylic acids is 3. The van der Waals surface area contributed by atoms with E-state index >= 15 is 0 Å². The van der Waals surface area contributed by atoms with E-state index in [4.69, 9.17) is 14.3 Å². The summed E-state index contributed by atoms with van der Waals surface area (Å²) >= 11 is 4.91. The van der Waals surface area contributed by atoms with Crippen molar-refractivity contribution in [3.63, 3.8) is 0 Å². The number of nitrogens with zero attached hydrogens (tertiary/aromatic N) is 2. The highest BCUT2D eigenvalue weighted by Gasteiger charge is 2.61. The fourth-order valence-electron chi connectivity index (χ4n) is 6.45. The van der Waals surface area contributed by atoms with E-state index < -0.39 is 35.8 Å². The molecule has 1 aliphatic carbocycles. The van der Waals surface area contributed by atoms with Crippen molar-refractivity contribution in [3.05, 3.63) is 74.6 Å². The first-order valence-corrected chi connectivity index (χ1v) is 15.6. The van der Waals surface area contributed by atoms with Crippen LogP contribution in [0.5, 0.6) is 5.75 Å². The molecule has 10 heteroatoms. The summed E-state index contributed by atoms with van der Waals surface area (Å²) in [5.74, 6) is -1.31. The SMILES string of the molecule is COC(=O)c1c(N2C(=O)[C@H]3[C@@H](c4cc(Br)ccc4OC)N(c4ccccc4)O[C@H]3C2=O)sc2c1CC[C@H](C(C)(C)C)C2. The molecule has 4 atom stereocenters. The number of anilines is 2. The molecule has 3 aliphatic rings. The Balaban J connectivity index is 1.46. The van der Waals surface area contributed by atoms with Crippen LogP contribution in [0.2, 0.25) is 0 Å². The predicted molar refractivity (Wildman–Crippen MR) is 164 cm³/mol. The van der Waals surface area contributed by atoms with Gasteiger partial charge in [-0.3, -0.25) is 14.4 Å². The topological polar surface area (TPSA) is 85.4 Å². The number of hydrogen-bond donors (Lipinski definition) is 0. The molecule has 0 N–H and O–H groups in total. The largest absolute Gasteiger partial charge is 0.496 e. The first kappa shape index (κ1) is 28.9. The van der Waals surface area contributed by atoms with Crippen LogP contribution in [-0.2, 0) is 32.0 Å². The van der Waals surface area contributed by atoms with Crippen molar-refractivity contribution in [3.8, 4) is 5.75 Å². The number of amides is 2. The van der Waals surface area contributed by atoms with Gasteiger partial charge in [0.1, 0.15) is 16.7 Å². The Hall–Kier alpha value is -3.21. The highest BCUT2D eigenvalue weighted by Crippen LogP contribution is 2.52. The van der Waals surface area contributed by atoms with Crippen molar-refractivity contribution >= 4 is 55.7 Å². The van der Waals surface area contributed by atoms with E-state index in [1.54, 1.807) is 12.2 Å². The van der Waals surface area contributed by atoms with Gasteiger partial charge in [-0.1, -0.05) is 54.9 Å². The smallest absolute Gasteiger partial charge is 0.341 e. The second-order valence-corrected chi connectivity index (χ2v) is 14.0. The molecular formula is C32H33BrN2O6S. The first-order chi connectivity index (χ1) is 20.0. The zero-order chi connectivity index (χ0) is 29.9. The van der Waals surface area contributed by atoms with Crippen LogP contribution in [0.15, 0.2) is 53.0 Å². The highest BCUT2D eigenvalue weighted by molar-refractivity contribution is 9.10. The zero-order valence-corrected chi connectivity index (χ0v) is 26.6. The van der Waals surface area contributed by atoms with Crippen LogP contribution in [0.25, 0.3) is 0 Å². The summed E-state index contributed by atoms with van der Waals surface area (Å²) < 4.78 is 11.7. The molecule has 0 radical (unpaired) electrons. The molecule has 3 heterocycles. The molecule has 2 fully saturated rings. The number of fused-ring (bicyclic) bond motifs is 2. The number of ether oxygens (including phenoxy) is 2. The minimum Gasteiger partial charge on any atom is -0.496 e. The summed E-state index contributed by atoms with van der Waals surface area (Å²) in [6.07, 6.45) is 1.33. The van der Waals surface area contributed by atoms with E-state index in [1.165, 1.54) is 23.3 Å². The monoisotopic (exact) mass is 652 g/mol. The van der Waals surface area contributed by atoms with Gasteiger partial charge in [0.2, 0.25) is 5.91 Å². The van der Waals surface area contributed by atoms with Gasteiger partial charge in [0.15, 0.2) is 6.10 Å². The molecule has 0 bridgehead atoms. The minimum atomic E-state index is -1.07. The number of thiophene rings is 1. The summed E-state index contributed by atoms with van der Waals surface area (Å²) in [5, 5.41) is 1.97. The van der Waals surface area contributed by atoms with Gasteiger partial charge < -0.3 is 9.47 Å². The van der Waals surface area contributed by atoms with Gasteiger partial charge in [-0.25, -0.2) is 14.8 Å². The summed E-state index contributed by atoms with van der Waals surface area (Å²) in [6.45, 7) is 6.66. The average Bonchev–Trinajstić information content (AvgIpc) is 3.62. The lowest BCUT2D eigenvalue weighted by atomic mass is 9.72. The lowest BCUT2D eigenvalue weighted by Crippen LogP contribution is -2.37. The van der Waals surface area contributed by atoms with E-state index in [0.29, 0.717) is 39.9 Å². The average molecular weight is 654 g/mol. The Bertz CT molecular complexity index is 1560. The normalized spacial score (nSPS) is 23.7. The summed E-state index contributed by atoms with van der Waals surface area (Å²) in [6, 6.07) is 14.3. The van der Waals surface area contributed by atoms with Crippen LogP contribution in [0.4, 0.5) is 10.7 Å². The molecule has 0 spiro atoms. The van der Waals surface area contributed by atoms with Crippen molar-refractivity contribution in [2.75, 3.05) is 24.2 Å². The van der Waals surface area contributed by atoms with E-state index in [2.05, 4.69) is 36.7 Å². The van der Waals surface area contributed by atoms with Crippen LogP contribution < -0.4 is 14.7 Å². The Morgan fingerprint density at radius 2 is 1.81 bits per heavy atom. The molecule has 220 valence electrons. The van der Waals surface area contributed by atoms with Gasteiger partial charge >= 0.3 is 5.97 Å². The summed E-state index contributed by atoms with van der Waals surface area (Å²) in [7, 11) is 2.90. The Labute approximate surface area is 257 Å². The number of hydroxylamine groups is 1. The zero-order valence-electron chi connectivity index (χ0n) is 24.2. The second kappa shape index (κ2) is 10.8. The summed E-state index contributed by atoms with van der Waals surface area (Å²) in [4.78, 5) is 50.3. The van der Waals surface area contributed by atoms with E-state index in [1.807, 2.05) is 48.5 Å². The molecule has 2 aliphatic heterocycles. The van der Waals surface area contributed by atoms with Crippen LogP contribution in [0.1, 0.15) is 59.6 Å². The Kier molecular flexibility index (Phi) is 7.43. The van der Waals surface area contributed by atoms with Gasteiger partial charge in [0.05, 0.1) is 31.5 Å². The molecule has 8 nitrogen and oxygen atoms in total. The number of esters is 1. The van der Waals surface area contributed by atoms with E-state index in [0.717, 1.165) is 27.8 Å². The molecular weight excluding hydrogens is 620 g/mol. The number of imide groups is 1. The number of hydrogen-bond acceptors (Lipinski definition) is 8. The van der Waals surface area contributed by atoms with Gasteiger partial charge in [0.25, 0.3) is 5.91 Å². The van der Waals surface area contributed by atoms with Gasteiger partial charge in [-0.05, 0) is 66.5 Å². The maximum absolute atomic E-state index is 14.4. The van der Waals surface area contributed by atoms with Crippen molar-refractivity contribution < 1.29 is 28.7 Å². The maximum Gasteiger partial charge on any atom is 0.341 e. The molecule has 3 aromatic rings. The number of rotatable bonds is 5. The van der Waals surface area contributed by atoms with Crippen molar-refractivity contribution in [2.24, 2.45) is 17.3 Å². The molecule has 6 rings (SSSR count). The van der Waals surface area contributed by atoms with Crippen LogP contribution in [0, 0.1) is 17.3 Å². The number of halogens is 1. The quantitative estimate of drug-likeness (QED) is 0.229. The summed E-state index contributed by atoms with van der Waals surface area (Å²) in [5.41, 5.74) is 2.72. The lowest BCUT2D eigenvalue weighted by Gasteiger charge is -2.33. The van der Waals surface area contributed by atoms with Crippen molar-refractivity contribution in [2.45, 2.75) is 52.2 Å².